The van der Waals surface area contributed by atoms with Gasteiger partial charge in [-0.25, -0.2) is 4.79 Å². The van der Waals surface area contributed by atoms with Gasteiger partial charge in [-0.05, 0) is 25.1 Å². The van der Waals surface area contributed by atoms with Gasteiger partial charge in [0.2, 0.25) is 0 Å². The Labute approximate surface area is 142 Å². The lowest BCUT2D eigenvalue weighted by Crippen LogP contribution is -2.30. The topological polar surface area (TPSA) is 121 Å². The van der Waals surface area contributed by atoms with Crippen LogP contribution < -0.4 is 10.1 Å². The van der Waals surface area contributed by atoms with Crippen LogP contribution in [0.25, 0.3) is 0 Å². The summed E-state index contributed by atoms with van der Waals surface area (Å²) in [4.78, 5) is 38.2. The number of hydrogen-bond acceptors (Lipinski definition) is 7. The first kappa shape index (κ1) is 17.9. The lowest BCUT2D eigenvalue weighted by molar-refractivity contribution is -0.384. The van der Waals surface area contributed by atoms with Crippen molar-refractivity contribution >= 4 is 23.3 Å². The zero-order valence-electron chi connectivity index (χ0n) is 13.5. The van der Waals surface area contributed by atoms with Gasteiger partial charge in [0.1, 0.15) is 5.75 Å². The first-order valence-electron chi connectivity index (χ1n) is 7.16. The fourth-order valence-electron chi connectivity index (χ4n) is 1.91. The molecule has 0 spiro atoms. The van der Waals surface area contributed by atoms with Gasteiger partial charge in [0, 0.05) is 24.5 Å². The molecule has 1 aromatic heterocycles. The summed E-state index contributed by atoms with van der Waals surface area (Å²) in [6.07, 6.45) is 1.69. The highest BCUT2D eigenvalue weighted by Gasteiger charge is 2.21. The minimum atomic E-state index is -1.13. The summed E-state index contributed by atoms with van der Waals surface area (Å²) in [5.41, 5.74) is 0.0946. The van der Waals surface area contributed by atoms with E-state index in [4.69, 9.17) is 9.47 Å². The quantitative estimate of drug-likeness (QED) is 0.484. The van der Waals surface area contributed by atoms with E-state index in [2.05, 4.69) is 10.3 Å². The first-order chi connectivity index (χ1) is 11.9. The number of ether oxygens (including phenoxy) is 2. The highest BCUT2D eigenvalue weighted by Crippen LogP contribution is 2.29. The molecule has 0 unspecified atom stereocenters. The number of nitro benzene ring substituents is 1. The molecule has 0 fully saturated rings. The van der Waals surface area contributed by atoms with E-state index in [1.807, 2.05) is 0 Å². The third kappa shape index (κ3) is 4.50. The van der Waals surface area contributed by atoms with E-state index >= 15 is 0 Å². The number of nitrogens with zero attached hydrogens (tertiary/aromatic N) is 2. The Bertz CT molecular complexity index is 794. The number of carbonyl (C=O) groups is 2. The Morgan fingerprint density at radius 2 is 2.08 bits per heavy atom. The van der Waals surface area contributed by atoms with E-state index in [0.29, 0.717) is 0 Å². The number of nitrogens with one attached hydrogen (secondary N) is 1. The van der Waals surface area contributed by atoms with Gasteiger partial charge >= 0.3 is 5.97 Å². The van der Waals surface area contributed by atoms with Crippen molar-refractivity contribution in [3.63, 3.8) is 0 Å². The van der Waals surface area contributed by atoms with Crippen LogP contribution in [0.1, 0.15) is 17.3 Å². The minimum Gasteiger partial charge on any atom is -0.495 e. The first-order valence-corrected chi connectivity index (χ1v) is 7.16. The van der Waals surface area contributed by atoms with Gasteiger partial charge in [-0.1, -0.05) is 0 Å². The van der Waals surface area contributed by atoms with E-state index in [1.165, 1.54) is 44.6 Å². The number of methoxy groups -OCH3 is 1. The molecule has 9 heteroatoms. The largest absolute Gasteiger partial charge is 0.495 e. The van der Waals surface area contributed by atoms with Crippen LogP contribution in [0.3, 0.4) is 0 Å². The molecule has 1 amide bonds. The van der Waals surface area contributed by atoms with E-state index in [1.54, 1.807) is 6.07 Å². The molecule has 25 heavy (non-hydrogen) atoms. The van der Waals surface area contributed by atoms with Gasteiger partial charge in [0.05, 0.1) is 23.3 Å². The van der Waals surface area contributed by atoms with Crippen molar-refractivity contribution in [2.45, 2.75) is 13.0 Å². The SMILES string of the molecule is COc1ccc([N+](=O)[O-])cc1NC(=O)[C@H](C)OC(=O)c1cccnc1. The van der Waals surface area contributed by atoms with Crippen LogP contribution in [-0.4, -0.2) is 35.0 Å². The average molecular weight is 345 g/mol. The van der Waals surface area contributed by atoms with Crippen LogP contribution >= 0.6 is 0 Å². The number of amides is 1. The van der Waals surface area contributed by atoms with Crippen LogP contribution in [0.4, 0.5) is 11.4 Å². The van der Waals surface area contributed by atoms with Crippen LogP contribution in [0.15, 0.2) is 42.7 Å². The maximum absolute atomic E-state index is 12.2. The molecule has 1 aromatic carbocycles. The monoisotopic (exact) mass is 345 g/mol. The van der Waals surface area contributed by atoms with Crippen molar-refractivity contribution in [3.05, 3.63) is 58.4 Å². The molecule has 1 atom stereocenters. The van der Waals surface area contributed by atoms with Crippen molar-refractivity contribution in [1.82, 2.24) is 4.98 Å². The molecular weight excluding hydrogens is 330 g/mol. The molecule has 0 bridgehead atoms. The summed E-state index contributed by atoms with van der Waals surface area (Å²) in [5.74, 6) is -1.12. The second-order valence-electron chi connectivity index (χ2n) is 4.92. The highest BCUT2D eigenvalue weighted by molar-refractivity contribution is 5.98. The van der Waals surface area contributed by atoms with Gasteiger partial charge in [-0.15, -0.1) is 0 Å². The maximum Gasteiger partial charge on any atom is 0.340 e. The molecule has 2 aromatic rings. The lowest BCUT2D eigenvalue weighted by Gasteiger charge is -2.15. The summed E-state index contributed by atoms with van der Waals surface area (Å²) in [7, 11) is 1.36. The number of nitro groups is 1. The van der Waals surface area contributed by atoms with Crippen LogP contribution in [0.5, 0.6) is 5.75 Å². The fraction of sp³-hybridized carbons (Fsp3) is 0.188. The van der Waals surface area contributed by atoms with E-state index < -0.39 is 22.9 Å². The van der Waals surface area contributed by atoms with Crippen molar-refractivity contribution in [2.75, 3.05) is 12.4 Å². The number of non-ortho nitro benzene ring substituents is 1. The van der Waals surface area contributed by atoms with Crippen molar-refractivity contribution < 1.29 is 24.0 Å². The molecule has 0 aliphatic heterocycles. The number of esters is 1. The van der Waals surface area contributed by atoms with Crippen LogP contribution in [0, 0.1) is 10.1 Å². The third-order valence-corrected chi connectivity index (χ3v) is 3.20. The number of hydrogen-bond donors (Lipinski definition) is 1. The number of pyridine rings is 1. The lowest BCUT2D eigenvalue weighted by atomic mass is 10.2. The van der Waals surface area contributed by atoms with E-state index in [9.17, 15) is 19.7 Å². The molecule has 2 rings (SSSR count). The molecule has 0 saturated carbocycles. The van der Waals surface area contributed by atoms with Gasteiger partial charge < -0.3 is 14.8 Å². The summed E-state index contributed by atoms with van der Waals surface area (Å²) in [6, 6.07) is 6.84. The number of rotatable bonds is 6. The highest BCUT2D eigenvalue weighted by atomic mass is 16.6. The smallest absolute Gasteiger partial charge is 0.340 e. The molecule has 1 heterocycles. The molecule has 0 saturated heterocycles. The van der Waals surface area contributed by atoms with Gasteiger partial charge in [-0.2, -0.15) is 0 Å². The Hall–Kier alpha value is -3.49. The normalized spacial score (nSPS) is 11.3. The second-order valence-corrected chi connectivity index (χ2v) is 4.92. The Balaban J connectivity index is 2.09. The molecule has 9 nitrogen and oxygen atoms in total. The summed E-state index contributed by atoms with van der Waals surface area (Å²) >= 11 is 0. The number of anilines is 1. The van der Waals surface area contributed by atoms with Crippen molar-refractivity contribution in [1.29, 1.82) is 0 Å². The molecule has 130 valence electrons. The average Bonchev–Trinajstić information content (AvgIpc) is 2.62. The second kappa shape index (κ2) is 7.86. The zero-order valence-corrected chi connectivity index (χ0v) is 13.5. The molecule has 1 N–H and O–H groups in total. The predicted octanol–water partition coefficient (Wildman–Crippen LogP) is 2.18. The van der Waals surface area contributed by atoms with Crippen LogP contribution in [-0.2, 0) is 9.53 Å². The summed E-state index contributed by atoms with van der Waals surface area (Å²) < 4.78 is 10.1. The number of carbonyl (C=O) groups excluding carboxylic acids is 2. The summed E-state index contributed by atoms with van der Waals surface area (Å²) in [5, 5.41) is 13.3. The van der Waals surface area contributed by atoms with Gasteiger partial charge in [0.15, 0.2) is 6.10 Å². The van der Waals surface area contributed by atoms with Crippen molar-refractivity contribution in [2.24, 2.45) is 0 Å². The molecule has 0 aliphatic rings. The zero-order chi connectivity index (χ0) is 18.4. The number of benzene rings is 1. The number of aromatic nitrogens is 1. The van der Waals surface area contributed by atoms with Gasteiger partial charge in [0.25, 0.3) is 11.6 Å². The predicted molar refractivity (Wildman–Crippen MR) is 87.4 cm³/mol. The molecule has 0 radical (unpaired) electrons. The maximum atomic E-state index is 12.2. The van der Waals surface area contributed by atoms with E-state index in [-0.39, 0.29) is 22.7 Å². The standard InChI is InChI=1S/C16H15N3O6/c1-10(25-16(21)11-4-3-7-17-9-11)15(20)18-13-8-12(19(22)23)5-6-14(13)24-2/h3-10H,1-2H3,(H,18,20)/t10-/m0/s1. The third-order valence-electron chi connectivity index (χ3n) is 3.20. The Morgan fingerprint density at radius 3 is 2.68 bits per heavy atom. The van der Waals surface area contributed by atoms with Crippen molar-refractivity contribution in [3.8, 4) is 5.75 Å². The Kier molecular flexibility index (Phi) is 5.62. The summed E-state index contributed by atoms with van der Waals surface area (Å²) in [6.45, 7) is 1.38. The molecule has 0 aliphatic carbocycles. The molecular formula is C16H15N3O6. The van der Waals surface area contributed by atoms with Crippen LogP contribution in [0.2, 0.25) is 0 Å². The van der Waals surface area contributed by atoms with Gasteiger partial charge in [-0.3, -0.25) is 19.9 Å². The Morgan fingerprint density at radius 1 is 1.32 bits per heavy atom. The fourth-order valence-corrected chi connectivity index (χ4v) is 1.91. The van der Waals surface area contributed by atoms with E-state index in [0.717, 1.165) is 6.07 Å². The minimum absolute atomic E-state index is 0.103.